The topological polar surface area (TPSA) is 125 Å². The highest BCUT2D eigenvalue weighted by molar-refractivity contribution is 5.70. The first kappa shape index (κ1) is 29.7. The molecule has 3 aromatic heterocycles. The van der Waals surface area contributed by atoms with Crippen LogP contribution in [-0.4, -0.2) is 104 Å². The standard InChI is InChI=1S/C32H31F2N11O/c1-42-6-8-43(9-7-42)18-23-3-2-21(13-28(23)34)25-15-37-32(38-16-25)44-10-11-46-26(19-44)20-45-31-30(40-41-45)36-17-29(39-31)22-4-5-27(33)24(12-22)14-35/h2-5,12-13,15-17,26H,6-11,18-20H2,1H3. The molecule has 2 aromatic carbocycles. The lowest BCUT2D eigenvalue weighted by atomic mass is 10.1. The van der Waals surface area contributed by atoms with E-state index >= 15 is 4.39 Å². The number of rotatable bonds is 7. The smallest absolute Gasteiger partial charge is 0.225 e. The maximum absolute atomic E-state index is 15.0. The molecule has 0 bridgehead atoms. The monoisotopic (exact) mass is 623 g/mol. The zero-order valence-electron chi connectivity index (χ0n) is 25.2. The second-order valence-corrected chi connectivity index (χ2v) is 11.6. The van der Waals surface area contributed by atoms with Gasteiger partial charge in [0.15, 0.2) is 5.65 Å². The molecule has 14 heteroatoms. The van der Waals surface area contributed by atoms with E-state index in [1.54, 1.807) is 29.2 Å². The van der Waals surface area contributed by atoms with E-state index in [0.29, 0.717) is 66.8 Å². The van der Waals surface area contributed by atoms with Crippen molar-refractivity contribution in [2.75, 3.05) is 57.8 Å². The van der Waals surface area contributed by atoms with Gasteiger partial charge in [-0.3, -0.25) is 4.90 Å². The fraction of sp³-hybridized carbons (Fsp3) is 0.344. The van der Waals surface area contributed by atoms with Crippen molar-refractivity contribution >= 4 is 17.2 Å². The highest BCUT2D eigenvalue weighted by Crippen LogP contribution is 2.25. The lowest BCUT2D eigenvalue weighted by Crippen LogP contribution is -2.45. The van der Waals surface area contributed by atoms with E-state index in [9.17, 15) is 9.65 Å². The molecule has 0 amide bonds. The van der Waals surface area contributed by atoms with Crippen LogP contribution in [0.5, 0.6) is 0 Å². The number of hydrogen-bond donors (Lipinski definition) is 0. The van der Waals surface area contributed by atoms with E-state index in [4.69, 9.17) is 4.74 Å². The number of nitriles is 1. The Morgan fingerprint density at radius 3 is 2.50 bits per heavy atom. The van der Waals surface area contributed by atoms with Gasteiger partial charge in [-0.05, 0) is 36.9 Å². The molecular weight excluding hydrogens is 592 g/mol. The maximum atomic E-state index is 15.0. The molecule has 1 atom stereocenters. The van der Waals surface area contributed by atoms with Crippen LogP contribution in [0.4, 0.5) is 14.7 Å². The van der Waals surface area contributed by atoms with Crippen LogP contribution in [0.2, 0.25) is 0 Å². The molecule has 0 radical (unpaired) electrons. The van der Waals surface area contributed by atoms with Crippen LogP contribution in [0.15, 0.2) is 55.0 Å². The maximum Gasteiger partial charge on any atom is 0.225 e. The van der Waals surface area contributed by atoms with Crippen LogP contribution in [0.3, 0.4) is 0 Å². The molecule has 2 aliphatic heterocycles. The highest BCUT2D eigenvalue weighted by Gasteiger charge is 2.25. The number of anilines is 1. The Morgan fingerprint density at radius 2 is 1.72 bits per heavy atom. The number of piperazine rings is 1. The summed E-state index contributed by atoms with van der Waals surface area (Å²) in [6.45, 7) is 6.39. The second kappa shape index (κ2) is 12.8. The molecule has 2 saturated heterocycles. The molecule has 7 rings (SSSR count). The predicted molar refractivity (Wildman–Crippen MR) is 165 cm³/mol. The van der Waals surface area contributed by atoms with Gasteiger partial charge in [-0.15, -0.1) is 5.10 Å². The molecule has 0 spiro atoms. The van der Waals surface area contributed by atoms with Gasteiger partial charge in [0, 0.05) is 74.9 Å². The first-order valence-electron chi connectivity index (χ1n) is 15.1. The van der Waals surface area contributed by atoms with Gasteiger partial charge in [-0.1, -0.05) is 17.3 Å². The lowest BCUT2D eigenvalue weighted by Gasteiger charge is -2.32. The van der Waals surface area contributed by atoms with Crippen molar-refractivity contribution in [2.45, 2.75) is 19.2 Å². The molecule has 12 nitrogen and oxygen atoms in total. The summed E-state index contributed by atoms with van der Waals surface area (Å²) in [7, 11) is 2.11. The quantitative estimate of drug-likeness (QED) is 0.266. The molecule has 2 fully saturated rings. The zero-order chi connectivity index (χ0) is 31.6. The SMILES string of the molecule is CN1CCN(Cc2ccc(-c3cnc(N4CCOC(Cn5nnc6ncc(-c7ccc(F)c(C#N)c7)nc65)C4)nc3)cc2F)CC1. The summed E-state index contributed by atoms with van der Waals surface area (Å²) in [5.41, 5.74) is 3.93. The van der Waals surface area contributed by atoms with Gasteiger partial charge >= 0.3 is 0 Å². The molecule has 5 aromatic rings. The van der Waals surface area contributed by atoms with Crippen molar-refractivity contribution in [1.82, 2.24) is 44.7 Å². The largest absolute Gasteiger partial charge is 0.373 e. The molecule has 234 valence electrons. The van der Waals surface area contributed by atoms with Crippen molar-refractivity contribution in [3.05, 3.63) is 77.8 Å². The lowest BCUT2D eigenvalue weighted by molar-refractivity contribution is 0.0273. The Hall–Kier alpha value is -4.97. The van der Waals surface area contributed by atoms with Crippen molar-refractivity contribution in [3.8, 4) is 28.5 Å². The van der Waals surface area contributed by atoms with E-state index in [1.165, 1.54) is 18.3 Å². The number of fused-ring (bicyclic) bond motifs is 1. The summed E-state index contributed by atoms with van der Waals surface area (Å²) in [4.78, 5) is 24.8. The summed E-state index contributed by atoms with van der Waals surface area (Å²) in [5, 5.41) is 17.6. The van der Waals surface area contributed by atoms with Gasteiger partial charge in [-0.25, -0.2) is 33.4 Å². The number of hydrogen-bond acceptors (Lipinski definition) is 11. The third-order valence-electron chi connectivity index (χ3n) is 8.42. The Bertz CT molecular complexity index is 1900. The van der Waals surface area contributed by atoms with Gasteiger partial charge < -0.3 is 14.5 Å². The summed E-state index contributed by atoms with van der Waals surface area (Å²) in [6.07, 6.45) is 4.70. The van der Waals surface area contributed by atoms with E-state index < -0.39 is 5.82 Å². The first-order chi connectivity index (χ1) is 22.4. The minimum Gasteiger partial charge on any atom is -0.373 e. The van der Waals surface area contributed by atoms with Gasteiger partial charge in [0.1, 0.15) is 17.7 Å². The van der Waals surface area contributed by atoms with Crippen LogP contribution in [-0.2, 0) is 17.8 Å². The third kappa shape index (κ3) is 6.25. The number of halogens is 2. The summed E-state index contributed by atoms with van der Waals surface area (Å²) in [6, 6.07) is 11.4. The van der Waals surface area contributed by atoms with Crippen molar-refractivity contribution < 1.29 is 13.5 Å². The van der Waals surface area contributed by atoms with E-state index in [2.05, 4.69) is 47.1 Å². The second-order valence-electron chi connectivity index (χ2n) is 11.6. The molecule has 1 unspecified atom stereocenters. The van der Waals surface area contributed by atoms with Crippen LogP contribution in [0, 0.1) is 23.0 Å². The minimum atomic E-state index is -0.593. The average molecular weight is 624 g/mol. The first-order valence-corrected chi connectivity index (χ1v) is 15.1. The number of likely N-dealkylation sites (N-methyl/N-ethyl adjacent to an activating group) is 1. The Balaban J connectivity index is 1.02. The normalized spacial score (nSPS) is 17.8. The molecule has 5 heterocycles. The van der Waals surface area contributed by atoms with Crippen molar-refractivity contribution in [2.24, 2.45) is 0 Å². The summed E-state index contributed by atoms with van der Waals surface area (Å²) < 4.78 is 36.5. The fourth-order valence-corrected chi connectivity index (χ4v) is 5.73. The Labute approximate surface area is 263 Å². The molecule has 46 heavy (non-hydrogen) atoms. The Kier molecular flexibility index (Phi) is 8.27. The molecule has 0 aliphatic carbocycles. The van der Waals surface area contributed by atoms with E-state index in [1.807, 2.05) is 23.1 Å². The molecule has 0 N–H and O–H groups in total. The van der Waals surface area contributed by atoms with Crippen molar-refractivity contribution in [3.63, 3.8) is 0 Å². The van der Waals surface area contributed by atoms with Gasteiger partial charge in [0.2, 0.25) is 11.6 Å². The molecule has 0 saturated carbocycles. The number of nitrogens with zero attached hydrogens (tertiary/aromatic N) is 11. The van der Waals surface area contributed by atoms with Crippen LogP contribution < -0.4 is 4.90 Å². The average Bonchev–Trinajstić information content (AvgIpc) is 3.48. The number of morpholine rings is 1. The van der Waals surface area contributed by atoms with Gasteiger partial charge in [-0.2, -0.15) is 5.26 Å². The molecule has 2 aliphatic rings. The van der Waals surface area contributed by atoms with Gasteiger partial charge in [0.05, 0.1) is 36.7 Å². The van der Waals surface area contributed by atoms with E-state index in [-0.39, 0.29) is 17.5 Å². The summed E-state index contributed by atoms with van der Waals surface area (Å²) in [5.74, 6) is -0.262. The Morgan fingerprint density at radius 1 is 0.913 bits per heavy atom. The minimum absolute atomic E-state index is 0.0706. The number of aromatic nitrogens is 7. The number of benzene rings is 2. The van der Waals surface area contributed by atoms with Crippen LogP contribution in [0.1, 0.15) is 11.1 Å². The predicted octanol–water partition coefficient (Wildman–Crippen LogP) is 3.15. The number of ether oxygens (including phenoxy) is 1. The van der Waals surface area contributed by atoms with Gasteiger partial charge in [0.25, 0.3) is 0 Å². The summed E-state index contributed by atoms with van der Waals surface area (Å²) >= 11 is 0. The van der Waals surface area contributed by atoms with Crippen LogP contribution >= 0.6 is 0 Å². The van der Waals surface area contributed by atoms with Crippen molar-refractivity contribution in [1.29, 1.82) is 5.26 Å². The zero-order valence-corrected chi connectivity index (χ0v) is 25.2. The van der Waals surface area contributed by atoms with Crippen LogP contribution in [0.25, 0.3) is 33.7 Å². The molecular formula is C32H31F2N11O. The third-order valence-corrected chi connectivity index (χ3v) is 8.42. The van der Waals surface area contributed by atoms with E-state index in [0.717, 1.165) is 37.3 Å². The fourth-order valence-electron chi connectivity index (χ4n) is 5.73. The highest BCUT2D eigenvalue weighted by atomic mass is 19.1.